The lowest BCUT2D eigenvalue weighted by Gasteiger charge is -2.11. The summed E-state index contributed by atoms with van der Waals surface area (Å²) in [7, 11) is 0. The van der Waals surface area contributed by atoms with E-state index in [0.717, 1.165) is 12.8 Å². The summed E-state index contributed by atoms with van der Waals surface area (Å²) in [5.41, 5.74) is 13.7. The molecule has 2 heterocycles. The fraction of sp³-hybridized carbons (Fsp3) is 0.0455. The molecule has 0 saturated heterocycles. The third-order valence-corrected chi connectivity index (χ3v) is 9.38. The molecular formula is C44H32N2. The highest BCUT2D eigenvalue weighted by Gasteiger charge is 2.16. The predicted molar refractivity (Wildman–Crippen MR) is 195 cm³/mol. The van der Waals surface area contributed by atoms with E-state index in [1.54, 1.807) is 0 Å². The van der Waals surface area contributed by atoms with E-state index in [1.807, 2.05) is 0 Å². The Kier molecular flexibility index (Phi) is 6.31. The normalized spacial score (nSPS) is 12.6. The van der Waals surface area contributed by atoms with Crippen LogP contribution in [0.3, 0.4) is 0 Å². The monoisotopic (exact) mass is 588 g/mol. The van der Waals surface area contributed by atoms with Crippen molar-refractivity contribution in [2.24, 2.45) is 0 Å². The van der Waals surface area contributed by atoms with Gasteiger partial charge in [-0.05, 0) is 83.6 Å². The molecule has 0 aliphatic heterocycles. The van der Waals surface area contributed by atoms with Gasteiger partial charge in [-0.2, -0.15) is 0 Å². The zero-order chi connectivity index (χ0) is 30.5. The molecule has 0 amide bonds. The zero-order valence-corrected chi connectivity index (χ0v) is 25.5. The van der Waals surface area contributed by atoms with Crippen LogP contribution in [0.4, 0.5) is 0 Å². The highest BCUT2D eigenvalue weighted by Crippen LogP contribution is 2.34. The lowest BCUT2D eigenvalue weighted by atomic mass is 10.00. The number of hydrogen-bond donors (Lipinski definition) is 0. The quantitative estimate of drug-likeness (QED) is 0.189. The molecule has 2 nitrogen and oxygen atoms in total. The topological polar surface area (TPSA) is 9.86 Å². The molecule has 0 spiro atoms. The van der Waals surface area contributed by atoms with E-state index in [2.05, 4.69) is 179 Å². The SMILES string of the molecule is C1=Cc2c(n(-c3ccc(-c4ccc(Cc5ccc(-n6c7ccccc7c7ccccc76)cc5)cc4)cc3)c3ccccc23)C=CC1. The zero-order valence-electron chi connectivity index (χ0n) is 25.5. The molecule has 1 aliphatic carbocycles. The van der Waals surface area contributed by atoms with E-state index >= 15 is 0 Å². The van der Waals surface area contributed by atoms with E-state index < -0.39 is 0 Å². The summed E-state index contributed by atoms with van der Waals surface area (Å²) in [5.74, 6) is 0. The van der Waals surface area contributed by atoms with Gasteiger partial charge in [-0.25, -0.2) is 0 Å². The fourth-order valence-corrected chi connectivity index (χ4v) is 7.16. The van der Waals surface area contributed by atoms with Crippen LogP contribution < -0.4 is 0 Å². The largest absolute Gasteiger partial charge is 0.309 e. The number of fused-ring (bicyclic) bond motifs is 6. The minimum atomic E-state index is 0.903. The Labute approximate surface area is 268 Å². The van der Waals surface area contributed by atoms with E-state index in [4.69, 9.17) is 0 Å². The van der Waals surface area contributed by atoms with Crippen LogP contribution in [0.1, 0.15) is 28.8 Å². The third kappa shape index (κ3) is 4.42. The van der Waals surface area contributed by atoms with Gasteiger partial charge in [0.05, 0.1) is 22.2 Å². The van der Waals surface area contributed by atoms with Crippen molar-refractivity contribution >= 4 is 44.9 Å². The maximum absolute atomic E-state index is 2.39. The number of benzene rings is 6. The van der Waals surface area contributed by atoms with Gasteiger partial charge in [0.25, 0.3) is 0 Å². The van der Waals surface area contributed by atoms with Gasteiger partial charge < -0.3 is 9.13 Å². The second kappa shape index (κ2) is 10.9. The summed E-state index contributed by atoms with van der Waals surface area (Å²) in [5, 5.41) is 3.87. The maximum Gasteiger partial charge on any atom is 0.0541 e. The molecule has 46 heavy (non-hydrogen) atoms. The molecule has 0 saturated carbocycles. The first-order chi connectivity index (χ1) is 22.8. The minimum absolute atomic E-state index is 0.903. The molecule has 0 fully saturated rings. The van der Waals surface area contributed by atoms with E-state index in [1.165, 1.54) is 77.6 Å². The lowest BCUT2D eigenvalue weighted by molar-refractivity contribution is 1.10. The molecule has 9 rings (SSSR count). The molecule has 0 radical (unpaired) electrons. The molecule has 8 aromatic rings. The van der Waals surface area contributed by atoms with Gasteiger partial charge in [0, 0.05) is 33.1 Å². The Hall–Kier alpha value is -5.86. The van der Waals surface area contributed by atoms with Crippen LogP contribution in [-0.4, -0.2) is 9.13 Å². The van der Waals surface area contributed by atoms with Crippen molar-refractivity contribution in [3.8, 4) is 22.5 Å². The minimum Gasteiger partial charge on any atom is -0.309 e. The molecule has 6 aromatic carbocycles. The van der Waals surface area contributed by atoms with Crippen LogP contribution in [0.25, 0.3) is 67.4 Å². The smallest absolute Gasteiger partial charge is 0.0541 e. The Bertz CT molecular complexity index is 2380. The summed E-state index contributed by atoms with van der Waals surface area (Å²) in [4.78, 5) is 0. The molecule has 0 bridgehead atoms. The van der Waals surface area contributed by atoms with Crippen LogP contribution in [0.5, 0.6) is 0 Å². The van der Waals surface area contributed by atoms with E-state index in [0.29, 0.717) is 0 Å². The number of rotatable bonds is 5. The first kappa shape index (κ1) is 26.5. The van der Waals surface area contributed by atoms with Crippen LogP contribution in [0.2, 0.25) is 0 Å². The standard InChI is InChI=1S/C44H32N2/c1-2-10-37-38-11-4-9-17-44(38)46(41(37)14-3-1)36-28-24-34(25-29-36)33-22-18-31(19-23-33)30-32-20-26-35(27-21-32)45-42-15-7-5-12-39(42)40-13-6-8-16-43(40)45/h2-29H,1,30H2. The summed E-state index contributed by atoms with van der Waals surface area (Å²) in [6.07, 6.45) is 10.9. The fourth-order valence-electron chi connectivity index (χ4n) is 7.16. The van der Waals surface area contributed by atoms with E-state index in [-0.39, 0.29) is 0 Å². The van der Waals surface area contributed by atoms with Gasteiger partial charge in [-0.1, -0.05) is 121 Å². The third-order valence-electron chi connectivity index (χ3n) is 9.38. The number of allylic oxidation sites excluding steroid dienone is 2. The average molecular weight is 589 g/mol. The molecule has 1 aliphatic rings. The molecule has 2 heteroatoms. The number of aromatic nitrogens is 2. The summed E-state index contributed by atoms with van der Waals surface area (Å²) in [6, 6.07) is 53.1. The predicted octanol–water partition coefficient (Wildman–Crippen LogP) is 11.4. The first-order valence-electron chi connectivity index (χ1n) is 16.1. The van der Waals surface area contributed by atoms with Crippen LogP contribution in [0.15, 0.2) is 158 Å². The highest BCUT2D eigenvalue weighted by molar-refractivity contribution is 6.09. The Balaban J connectivity index is 0.963. The van der Waals surface area contributed by atoms with Gasteiger partial charge in [-0.15, -0.1) is 0 Å². The lowest BCUT2D eigenvalue weighted by Crippen LogP contribution is -1.97. The van der Waals surface area contributed by atoms with Crippen LogP contribution in [0, 0.1) is 0 Å². The Morgan fingerprint density at radius 1 is 0.413 bits per heavy atom. The van der Waals surface area contributed by atoms with Crippen molar-refractivity contribution in [2.45, 2.75) is 12.8 Å². The molecule has 0 N–H and O–H groups in total. The molecule has 2 aromatic heterocycles. The number of hydrogen-bond acceptors (Lipinski definition) is 0. The molecular weight excluding hydrogens is 556 g/mol. The Morgan fingerprint density at radius 3 is 1.50 bits per heavy atom. The summed E-state index contributed by atoms with van der Waals surface area (Å²) >= 11 is 0. The highest BCUT2D eigenvalue weighted by atomic mass is 15.0. The summed E-state index contributed by atoms with van der Waals surface area (Å²) in [6.45, 7) is 0. The van der Waals surface area contributed by atoms with Gasteiger partial charge >= 0.3 is 0 Å². The number of nitrogens with zero attached hydrogens (tertiary/aromatic N) is 2. The Morgan fingerprint density at radius 2 is 0.870 bits per heavy atom. The molecule has 0 unspecified atom stereocenters. The van der Waals surface area contributed by atoms with Crippen molar-refractivity contribution in [1.82, 2.24) is 9.13 Å². The average Bonchev–Trinajstić information content (AvgIpc) is 3.49. The van der Waals surface area contributed by atoms with Gasteiger partial charge in [0.2, 0.25) is 0 Å². The van der Waals surface area contributed by atoms with Crippen molar-refractivity contribution in [3.05, 3.63) is 180 Å². The van der Waals surface area contributed by atoms with Crippen molar-refractivity contribution in [3.63, 3.8) is 0 Å². The van der Waals surface area contributed by atoms with E-state index in [9.17, 15) is 0 Å². The van der Waals surface area contributed by atoms with Crippen molar-refractivity contribution in [2.75, 3.05) is 0 Å². The van der Waals surface area contributed by atoms with Crippen molar-refractivity contribution in [1.29, 1.82) is 0 Å². The van der Waals surface area contributed by atoms with Gasteiger partial charge in [0.1, 0.15) is 0 Å². The first-order valence-corrected chi connectivity index (χ1v) is 16.1. The molecule has 218 valence electrons. The molecule has 0 atom stereocenters. The van der Waals surface area contributed by atoms with Gasteiger partial charge in [-0.3, -0.25) is 0 Å². The van der Waals surface area contributed by atoms with Crippen molar-refractivity contribution < 1.29 is 0 Å². The second-order valence-corrected chi connectivity index (χ2v) is 12.1. The van der Waals surface area contributed by atoms with Crippen LogP contribution >= 0.6 is 0 Å². The summed E-state index contributed by atoms with van der Waals surface area (Å²) < 4.78 is 4.76. The number of para-hydroxylation sites is 3. The maximum atomic E-state index is 2.39. The van der Waals surface area contributed by atoms with Gasteiger partial charge in [0.15, 0.2) is 0 Å². The second-order valence-electron chi connectivity index (χ2n) is 12.1. The van der Waals surface area contributed by atoms with Crippen LogP contribution in [-0.2, 0) is 6.42 Å².